The maximum Gasteiger partial charge on any atom is 0.331 e. The first-order valence-corrected chi connectivity index (χ1v) is 16.3. The lowest BCUT2D eigenvalue weighted by Gasteiger charge is -2.13. The molecule has 0 aliphatic rings. The molecule has 0 bridgehead atoms. The third-order valence-corrected chi connectivity index (χ3v) is 6.26. The Morgan fingerprint density at radius 1 is 0.605 bits per heavy atom. The van der Waals surface area contributed by atoms with Gasteiger partial charge in [0.15, 0.2) is 0 Å². The van der Waals surface area contributed by atoms with E-state index in [1.165, 1.54) is 77.2 Å². The Labute approximate surface area is 262 Å². The van der Waals surface area contributed by atoms with Crippen LogP contribution < -0.4 is 0 Å². The molecular weight excluding hydrogens is 548 g/mol. The number of carbonyl (C=O) groups excluding carboxylic acids is 4. The second-order valence-electron chi connectivity index (χ2n) is 10.2. The fraction of sp³-hybridized carbons (Fsp3) is 0.714. The van der Waals surface area contributed by atoms with Gasteiger partial charge in [-0.15, -0.1) is 0 Å². The van der Waals surface area contributed by atoms with Gasteiger partial charge in [-0.3, -0.25) is 4.79 Å². The summed E-state index contributed by atoms with van der Waals surface area (Å²) in [7, 11) is 0. The van der Waals surface area contributed by atoms with Crippen LogP contribution in [0.3, 0.4) is 0 Å². The molecule has 0 fully saturated rings. The average molecular weight is 611 g/mol. The van der Waals surface area contributed by atoms with Crippen molar-refractivity contribution in [3.05, 3.63) is 37.6 Å². The Hall–Kier alpha value is -2.90. The van der Waals surface area contributed by atoms with Gasteiger partial charge in [0.1, 0.15) is 0 Å². The summed E-state index contributed by atoms with van der Waals surface area (Å²) in [6, 6.07) is 0. The molecule has 0 aliphatic heterocycles. The van der Waals surface area contributed by atoms with E-state index in [4.69, 9.17) is 14.2 Å². The molecule has 0 radical (unpaired) electrons. The molecule has 250 valence electrons. The molecule has 0 amide bonds. The van der Waals surface area contributed by atoms with Crippen LogP contribution >= 0.6 is 0 Å². The lowest BCUT2D eigenvalue weighted by Crippen LogP contribution is -2.12. The van der Waals surface area contributed by atoms with Gasteiger partial charge in [-0.05, 0) is 25.2 Å². The van der Waals surface area contributed by atoms with Gasteiger partial charge in [0, 0.05) is 25.2 Å². The SMILES string of the molecule is C=CC(=O)OCC(CC)CCCC.C=COC(C)=O.CCCCCCCCOC(=O)C=CC(=O)OCCCCCCCC. The van der Waals surface area contributed by atoms with Crippen LogP contribution in [-0.4, -0.2) is 43.7 Å². The number of ether oxygens (including phenoxy) is 4. The van der Waals surface area contributed by atoms with Crippen molar-refractivity contribution in [2.45, 2.75) is 137 Å². The number of hydrogen-bond donors (Lipinski definition) is 0. The predicted molar refractivity (Wildman–Crippen MR) is 174 cm³/mol. The monoisotopic (exact) mass is 610 g/mol. The summed E-state index contributed by atoms with van der Waals surface area (Å²) in [5.74, 6) is -1.07. The van der Waals surface area contributed by atoms with Gasteiger partial charge >= 0.3 is 23.9 Å². The number of carbonyl (C=O) groups is 4. The molecule has 8 nitrogen and oxygen atoms in total. The maximum atomic E-state index is 11.4. The standard InChI is InChI=1S/C20H36O4.C11H20O2.C4H6O2/c1-3-5-7-9-11-13-17-23-19(21)15-16-20(22)24-18-14-12-10-8-6-4-2;1-4-7-8-10(5-2)9-13-11(12)6-3;1-3-6-4(2)5/h15-16H,3-14,17-18H2,1-2H3;6,10H,3-5,7-9H2,1-2H3;3H,1H2,2H3. The molecule has 1 unspecified atom stereocenters. The van der Waals surface area contributed by atoms with E-state index in [9.17, 15) is 19.2 Å². The van der Waals surface area contributed by atoms with Crippen molar-refractivity contribution in [2.24, 2.45) is 5.92 Å². The van der Waals surface area contributed by atoms with Crippen LogP contribution in [0, 0.1) is 5.92 Å². The van der Waals surface area contributed by atoms with E-state index in [1.807, 2.05) is 0 Å². The Balaban J connectivity index is -0.000000698. The number of rotatable bonds is 24. The first-order chi connectivity index (χ1) is 20.7. The molecule has 0 N–H and O–H groups in total. The molecule has 0 aromatic rings. The van der Waals surface area contributed by atoms with Gasteiger partial charge in [-0.1, -0.05) is 124 Å². The summed E-state index contributed by atoms with van der Waals surface area (Å²) < 4.78 is 19.2. The second-order valence-corrected chi connectivity index (χ2v) is 10.2. The highest BCUT2D eigenvalue weighted by molar-refractivity contribution is 5.91. The zero-order valence-electron chi connectivity index (χ0n) is 28.0. The topological polar surface area (TPSA) is 105 Å². The number of unbranched alkanes of at least 4 members (excludes halogenated alkanes) is 11. The Kier molecular flexibility index (Phi) is 38.5. The summed E-state index contributed by atoms with van der Waals surface area (Å²) in [6.07, 6.45) is 23.0. The van der Waals surface area contributed by atoms with Crippen molar-refractivity contribution in [2.75, 3.05) is 19.8 Å². The van der Waals surface area contributed by atoms with Crippen LogP contribution in [0.15, 0.2) is 37.6 Å². The van der Waals surface area contributed by atoms with Crippen molar-refractivity contribution >= 4 is 23.9 Å². The molecule has 1 atom stereocenters. The first kappa shape index (κ1) is 44.5. The van der Waals surface area contributed by atoms with Crippen molar-refractivity contribution in [3.63, 3.8) is 0 Å². The lowest BCUT2D eigenvalue weighted by atomic mass is 10.0. The zero-order chi connectivity index (χ0) is 33.0. The zero-order valence-corrected chi connectivity index (χ0v) is 28.0. The fourth-order valence-electron chi connectivity index (χ4n) is 3.62. The molecule has 0 aromatic heterocycles. The highest BCUT2D eigenvalue weighted by Gasteiger charge is 2.07. The minimum Gasteiger partial charge on any atom is -0.463 e. The van der Waals surface area contributed by atoms with E-state index >= 15 is 0 Å². The highest BCUT2D eigenvalue weighted by atomic mass is 16.5. The lowest BCUT2D eigenvalue weighted by molar-refractivity contribution is -0.140. The molecule has 0 rings (SSSR count). The van der Waals surface area contributed by atoms with Gasteiger partial charge in [0.05, 0.1) is 26.1 Å². The summed E-state index contributed by atoms with van der Waals surface area (Å²) in [5.41, 5.74) is 0. The van der Waals surface area contributed by atoms with E-state index in [1.54, 1.807) is 0 Å². The van der Waals surface area contributed by atoms with E-state index in [0.29, 0.717) is 25.7 Å². The van der Waals surface area contributed by atoms with Crippen LogP contribution in [0.25, 0.3) is 0 Å². The quantitative estimate of drug-likeness (QED) is 0.0350. The minimum atomic E-state index is -0.472. The van der Waals surface area contributed by atoms with Crippen LogP contribution in [0.5, 0.6) is 0 Å². The van der Waals surface area contributed by atoms with Crippen molar-refractivity contribution in [1.29, 1.82) is 0 Å². The Bertz CT molecular complexity index is 697. The number of esters is 4. The molecule has 43 heavy (non-hydrogen) atoms. The highest BCUT2D eigenvalue weighted by Crippen LogP contribution is 2.12. The minimum absolute atomic E-state index is 0.310. The third-order valence-electron chi connectivity index (χ3n) is 6.26. The van der Waals surface area contributed by atoms with Crippen molar-refractivity contribution in [3.8, 4) is 0 Å². The van der Waals surface area contributed by atoms with Crippen LogP contribution in [0.4, 0.5) is 0 Å². The summed E-state index contributed by atoms with van der Waals surface area (Å²) in [5, 5.41) is 0. The molecule has 0 spiro atoms. The third kappa shape index (κ3) is 41.3. The van der Waals surface area contributed by atoms with E-state index in [2.05, 4.69) is 45.6 Å². The van der Waals surface area contributed by atoms with Crippen LogP contribution in [-0.2, 0) is 38.1 Å². The van der Waals surface area contributed by atoms with E-state index < -0.39 is 11.9 Å². The smallest absolute Gasteiger partial charge is 0.331 e. The normalized spacial score (nSPS) is 10.7. The molecule has 0 aromatic carbocycles. The largest absolute Gasteiger partial charge is 0.463 e. The Morgan fingerprint density at radius 3 is 1.40 bits per heavy atom. The molecule has 8 heteroatoms. The van der Waals surface area contributed by atoms with Gasteiger partial charge in [-0.2, -0.15) is 0 Å². The van der Waals surface area contributed by atoms with Crippen molar-refractivity contribution < 1.29 is 38.1 Å². The molecular formula is C35H62O8. The molecule has 0 heterocycles. The van der Waals surface area contributed by atoms with Gasteiger partial charge in [0.25, 0.3) is 0 Å². The molecule has 0 saturated heterocycles. The van der Waals surface area contributed by atoms with Gasteiger partial charge < -0.3 is 18.9 Å². The van der Waals surface area contributed by atoms with E-state index in [0.717, 1.165) is 56.9 Å². The summed E-state index contributed by atoms with van der Waals surface area (Å²) in [4.78, 5) is 43.4. The molecule has 0 aliphatic carbocycles. The maximum absolute atomic E-state index is 11.4. The summed E-state index contributed by atoms with van der Waals surface area (Å²) in [6.45, 7) is 17.9. The van der Waals surface area contributed by atoms with Crippen molar-refractivity contribution in [1.82, 2.24) is 0 Å². The van der Waals surface area contributed by atoms with Gasteiger partial charge in [0.2, 0.25) is 0 Å². The van der Waals surface area contributed by atoms with Crippen LogP contribution in [0.2, 0.25) is 0 Å². The van der Waals surface area contributed by atoms with Gasteiger partial charge in [-0.25, -0.2) is 14.4 Å². The first-order valence-electron chi connectivity index (χ1n) is 16.3. The predicted octanol–water partition coefficient (Wildman–Crippen LogP) is 8.98. The van der Waals surface area contributed by atoms with Crippen LogP contribution in [0.1, 0.15) is 137 Å². The fourth-order valence-corrected chi connectivity index (χ4v) is 3.62. The Morgan fingerprint density at radius 2 is 1.05 bits per heavy atom. The summed E-state index contributed by atoms with van der Waals surface area (Å²) >= 11 is 0. The van der Waals surface area contributed by atoms with E-state index in [-0.39, 0.29) is 11.9 Å². The number of hydrogen-bond acceptors (Lipinski definition) is 8. The average Bonchev–Trinajstić information content (AvgIpc) is 2.99. The molecule has 0 saturated carbocycles. The second kappa shape index (κ2) is 37.1.